The van der Waals surface area contributed by atoms with E-state index in [1.54, 1.807) is 18.2 Å². The topological polar surface area (TPSA) is 61.4 Å². The number of urea groups is 1. The number of carbonyl (C=O) groups excluding carboxylic acids is 1. The molecule has 0 saturated heterocycles. The molecule has 0 fully saturated rings. The molecule has 0 aliphatic heterocycles. The molecule has 0 aromatic heterocycles. The molecule has 0 aliphatic carbocycles. The lowest BCUT2D eigenvalue weighted by molar-refractivity contribution is 0.170. The van der Waals surface area contributed by atoms with Gasteiger partial charge >= 0.3 is 6.03 Å². The van der Waals surface area contributed by atoms with Gasteiger partial charge in [0.05, 0.1) is 6.10 Å². The van der Waals surface area contributed by atoms with Gasteiger partial charge in [0.25, 0.3) is 0 Å². The van der Waals surface area contributed by atoms with Crippen molar-refractivity contribution in [3.05, 3.63) is 65.2 Å². The number of aryl methyl sites for hydroxylation is 1. The summed E-state index contributed by atoms with van der Waals surface area (Å²) in [6, 6.07) is 9.57. The Morgan fingerprint density at radius 3 is 2.68 bits per heavy atom. The average molecular weight is 306 g/mol. The number of benzene rings is 2. The fourth-order valence-electron chi connectivity index (χ4n) is 1.97. The van der Waals surface area contributed by atoms with Crippen LogP contribution in [0.1, 0.15) is 17.2 Å². The fourth-order valence-corrected chi connectivity index (χ4v) is 1.97. The van der Waals surface area contributed by atoms with Crippen molar-refractivity contribution < 1.29 is 18.7 Å². The first-order valence-corrected chi connectivity index (χ1v) is 6.70. The molecule has 2 aromatic rings. The highest BCUT2D eigenvalue weighted by Crippen LogP contribution is 2.17. The minimum atomic E-state index is -1.26. The summed E-state index contributed by atoms with van der Waals surface area (Å²) in [5.41, 5.74) is 1.53. The molecule has 116 valence electrons. The predicted octanol–water partition coefficient (Wildman–Crippen LogP) is 3.13. The maximum absolute atomic E-state index is 13.5. The standard InChI is InChI=1S/C16H16F2N2O2/c1-10-3-2-4-12(7-10)20-16(22)19-9-15(21)13-6-5-11(17)8-14(13)18/h2-8,15,21H,9H2,1H3,(H2,19,20,22). The van der Waals surface area contributed by atoms with Crippen molar-refractivity contribution in [2.24, 2.45) is 0 Å². The van der Waals surface area contributed by atoms with Gasteiger partial charge in [-0.15, -0.1) is 0 Å². The van der Waals surface area contributed by atoms with Gasteiger partial charge in [-0.05, 0) is 30.7 Å². The van der Waals surface area contributed by atoms with Crippen LogP contribution in [0.15, 0.2) is 42.5 Å². The van der Waals surface area contributed by atoms with Crippen LogP contribution in [0.2, 0.25) is 0 Å². The van der Waals surface area contributed by atoms with Crippen LogP contribution in [0, 0.1) is 18.6 Å². The lowest BCUT2D eigenvalue weighted by atomic mass is 10.1. The monoisotopic (exact) mass is 306 g/mol. The Balaban J connectivity index is 1.90. The number of halogens is 2. The van der Waals surface area contributed by atoms with Crippen molar-refractivity contribution in [3.8, 4) is 0 Å². The summed E-state index contributed by atoms with van der Waals surface area (Å²) in [5, 5.41) is 14.9. The van der Waals surface area contributed by atoms with Crippen molar-refractivity contribution in [3.63, 3.8) is 0 Å². The Morgan fingerprint density at radius 2 is 2.00 bits per heavy atom. The average Bonchev–Trinajstić information content (AvgIpc) is 2.45. The molecule has 3 N–H and O–H groups in total. The molecule has 0 saturated carbocycles. The molecule has 2 rings (SSSR count). The molecule has 22 heavy (non-hydrogen) atoms. The number of amides is 2. The summed E-state index contributed by atoms with van der Waals surface area (Å²) in [6.07, 6.45) is -1.26. The molecule has 0 spiro atoms. The first-order valence-electron chi connectivity index (χ1n) is 6.70. The Bertz CT molecular complexity index is 677. The Morgan fingerprint density at radius 1 is 1.23 bits per heavy atom. The number of aliphatic hydroxyl groups is 1. The number of nitrogens with one attached hydrogen (secondary N) is 2. The van der Waals surface area contributed by atoms with E-state index in [2.05, 4.69) is 10.6 Å². The van der Waals surface area contributed by atoms with E-state index in [1.165, 1.54) is 0 Å². The number of carbonyl (C=O) groups is 1. The second-order valence-corrected chi connectivity index (χ2v) is 4.89. The highest BCUT2D eigenvalue weighted by atomic mass is 19.1. The van der Waals surface area contributed by atoms with Crippen molar-refractivity contribution in [1.29, 1.82) is 0 Å². The van der Waals surface area contributed by atoms with E-state index in [0.717, 1.165) is 17.7 Å². The molecular weight excluding hydrogens is 290 g/mol. The quantitative estimate of drug-likeness (QED) is 0.812. The van der Waals surface area contributed by atoms with Crippen LogP contribution < -0.4 is 10.6 Å². The summed E-state index contributed by atoms with van der Waals surface area (Å²) in [6.45, 7) is 1.70. The number of anilines is 1. The highest BCUT2D eigenvalue weighted by molar-refractivity contribution is 5.89. The zero-order valence-corrected chi connectivity index (χ0v) is 11.9. The molecule has 1 atom stereocenters. The van der Waals surface area contributed by atoms with Crippen molar-refractivity contribution in [2.45, 2.75) is 13.0 Å². The normalized spacial score (nSPS) is 11.8. The first-order chi connectivity index (χ1) is 10.5. The van der Waals surface area contributed by atoms with E-state index < -0.39 is 23.8 Å². The Hall–Kier alpha value is -2.47. The molecule has 6 heteroatoms. The van der Waals surface area contributed by atoms with E-state index in [9.17, 15) is 18.7 Å². The van der Waals surface area contributed by atoms with Crippen LogP contribution in [0.25, 0.3) is 0 Å². The third kappa shape index (κ3) is 4.26. The summed E-state index contributed by atoms with van der Waals surface area (Å²) in [5.74, 6) is -1.58. The van der Waals surface area contributed by atoms with E-state index in [4.69, 9.17) is 0 Å². The number of rotatable bonds is 4. The predicted molar refractivity (Wildman–Crippen MR) is 79.5 cm³/mol. The maximum atomic E-state index is 13.5. The smallest absolute Gasteiger partial charge is 0.319 e. The number of hydrogen-bond donors (Lipinski definition) is 3. The van der Waals surface area contributed by atoms with Crippen LogP contribution in [-0.2, 0) is 0 Å². The molecule has 0 bridgehead atoms. The molecule has 2 amide bonds. The van der Waals surface area contributed by atoms with Crippen LogP contribution in [0.5, 0.6) is 0 Å². The van der Waals surface area contributed by atoms with Gasteiger partial charge in [0.2, 0.25) is 0 Å². The van der Waals surface area contributed by atoms with Gasteiger partial charge in [-0.2, -0.15) is 0 Å². The lowest BCUT2D eigenvalue weighted by Crippen LogP contribution is -2.32. The van der Waals surface area contributed by atoms with Crippen LogP contribution >= 0.6 is 0 Å². The van der Waals surface area contributed by atoms with Gasteiger partial charge in [-0.1, -0.05) is 18.2 Å². The van der Waals surface area contributed by atoms with E-state index in [0.29, 0.717) is 11.8 Å². The summed E-state index contributed by atoms with van der Waals surface area (Å²) in [4.78, 5) is 11.7. The molecular formula is C16H16F2N2O2. The van der Waals surface area contributed by atoms with Gasteiger partial charge in [0, 0.05) is 23.9 Å². The highest BCUT2D eigenvalue weighted by Gasteiger charge is 2.14. The number of hydrogen-bond acceptors (Lipinski definition) is 2. The summed E-state index contributed by atoms with van der Waals surface area (Å²) < 4.78 is 26.3. The van der Waals surface area contributed by atoms with Crippen molar-refractivity contribution in [1.82, 2.24) is 5.32 Å². The van der Waals surface area contributed by atoms with E-state index in [1.807, 2.05) is 13.0 Å². The van der Waals surface area contributed by atoms with Gasteiger partial charge in [0.1, 0.15) is 11.6 Å². The van der Waals surface area contributed by atoms with Crippen LogP contribution in [-0.4, -0.2) is 17.7 Å². The third-order valence-electron chi connectivity index (χ3n) is 3.05. The molecule has 0 heterocycles. The van der Waals surface area contributed by atoms with E-state index >= 15 is 0 Å². The van der Waals surface area contributed by atoms with Crippen molar-refractivity contribution in [2.75, 3.05) is 11.9 Å². The minimum absolute atomic E-state index is 0.0720. The SMILES string of the molecule is Cc1cccc(NC(=O)NCC(O)c2ccc(F)cc2F)c1. The number of aliphatic hydroxyl groups excluding tert-OH is 1. The van der Waals surface area contributed by atoms with Crippen LogP contribution in [0.4, 0.5) is 19.3 Å². The molecule has 0 aliphatic rings. The molecule has 4 nitrogen and oxygen atoms in total. The van der Waals surface area contributed by atoms with Gasteiger partial charge in [-0.25, -0.2) is 13.6 Å². The zero-order valence-electron chi connectivity index (χ0n) is 11.9. The zero-order chi connectivity index (χ0) is 16.1. The maximum Gasteiger partial charge on any atom is 0.319 e. The van der Waals surface area contributed by atoms with E-state index in [-0.39, 0.29) is 12.1 Å². The second-order valence-electron chi connectivity index (χ2n) is 4.89. The summed E-state index contributed by atoms with van der Waals surface area (Å²) in [7, 11) is 0. The third-order valence-corrected chi connectivity index (χ3v) is 3.05. The van der Waals surface area contributed by atoms with Crippen LogP contribution in [0.3, 0.4) is 0 Å². The van der Waals surface area contributed by atoms with Gasteiger partial charge in [0.15, 0.2) is 0 Å². The minimum Gasteiger partial charge on any atom is -0.386 e. The van der Waals surface area contributed by atoms with Crippen molar-refractivity contribution >= 4 is 11.7 Å². The Labute approximate surface area is 126 Å². The van der Waals surface area contributed by atoms with Gasteiger partial charge < -0.3 is 15.7 Å². The second kappa shape index (κ2) is 7.00. The van der Waals surface area contributed by atoms with Gasteiger partial charge in [-0.3, -0.25) is 0 Å². The molecule has 2 aromatic carbocycles. The fraction of sp³-hybridized carbons (Fsp3) is 0.188. The largest absolute Gasteiger partial charge is 0.386 e. The lowest BCUT2D eigenvalue weighted by Gasteiger charge is -2.14. The molecule has 0 radical (unpaired) electrons. The summed E-state index contributed by atoms with van der Waals surface area (Å²) >= 11 is 0. The molecule has 1 unspecified atom stereocenters. The first kappa shape index (κ1) is 15.9. The Kier molecular flexibility index (Phi) is 5.06.